The summed E-state index contributed by atoms with van der Waals surface area (Å²) in [6.07, 6.45) is 0. The van der Waals surface area contributed by atoms with Crippen molar-refractivity contribution in [2.75, 3.05) is 39.2 Å². The largest absolute Gasteiger partial charge is 0.497 e. The molecule has 0 unspecified atom stereocenters. The van der Waals surface area contributed by atoms with Crippen molar-refractivity contribution >= 4 is 11.7 Å². The van der Waals surface area contributed by atoms with Gasteiger partial charge in [-0.05, 0) is 43.4 Å². The van der Waals surface area contributed by atoms with Gasteiger partial charge in [-0.1, -0.05) is 39.0 Å². The van der Waals surface area contributed by atoms with Crippen LogP contribution in [-0.4, -0.2) is 54.4 Å². The second kappa shape index (κ2) is 10.3. The molecule has 7 heteroatoms. The van der Waals surface area contributed by atoms with E-state index in [2.05, 4.69) is 26.1 Å². The highest BCUT2D eigenvalue weighted by molar-refractivity contribution is 5.91. The number of ether oxygens (including phenoxy) is 2. The summed E-state index contributed by atoms with van der Waals surface area (Å²) in [4.78, 5) is 14.6. The summed E-state index contributed by atoms with van der Waals surface area (Å²) in [5.41, 5.74) is 1.69. The molecule has 0 spiro atoms. The second-order valence-corrected chi connectivity index (χ2v) is 8.72. The summed E-state index contributed by atoms with van der Waals surface area (Å²) in [7, 11) is 3.53. The fraction of sp³-hybridized carbons (Fsp3) is 0.360. The summed E-state index contributed by atoms with van der Waals surface area (Å²) in [5.74, 6) is 2.11. The topological polar surface area (TPSA) is 68.6 Å². The molecular formula is C25H32N4O3. The van der Waals surface area contributed by atoms with Gasteiger partial charge in [-0.15, -0.1) is 0 Å². The molecule has 1 heterocycles. The molecule has 0 radical (unpaired) electrons. The first-order valence-corrected chi connectivity index (χ1v) is 10.7. The van der Waals surface area contributed by atoms with Crippen LogP contribution in [0.15, 0.2) is 60.7 Å². The number of hydrogen-bond acceptors (Lipinski definition) is 5. The molecule has 0 aliphatic rings. The molecule has 170 valence electrons. The number of nitrogens with zero attached hydrogens (tertiary/aromatic N) is 3. The van der Waals surface area contributed by atoms with E-state index >= 15 is 0 Å². The average Bonchev–Trinajstić information content (AvgIpc) is 3.19. The number of carbonyl (C=O) groups excluding carboxylic acids is 1. The number of benzene rings is 2. The van der Waals surface area contributed by atoms with Gasteiger partial charge < -0.3 is 14.8 Å². The van der Waals surface area contributed by atoms with Gasteiger partial charge in [0, 0.05) is 18.0 Å². The van der Waals surface area contributed by atoms with E-state index in [1.807, 2.05) is 72.6 Å². The van der Waals surface area contributed by atoms with Gasteiger partial charge in [0.1, 0.15) is 23.9 Å². The second-order valence-electron chi connectivity index (χ2n) is 8.72. The Labute approximate surface area is 190 Å². The molecule has 1 aromatic heterocycles. The molecule has 0 aliphatic carbocycles. The quantitative estimate of drug-likeness (QED) is 0.546. The fourth-order valence-corrected chi connectivity index (χ4v) is 3.10. The number of nitrogens with one attached hydrogen (secondary N) is 1. The molecule has 0 aliphatic heterocycles. The van der Waals surface area contributed by atoms with Crippen LogP contribution >= 0.6 is 0 Å². The van der Waals surface area contributed by atoms with Crippen LogP contribution in [0, 0.1) is 0 Å². The smallest absolute Gasteiger partial charge is 0.239 e. The fourth-order valence-electron chi connectivity index (χ4n) is 3.10. The molecule has 0 saturated heterocycles. The van der Waals surface area contributed by atoms with Crippen molar-refractivity contribution < 1.29 is 14.3 Å². The number of carbonyl (C=O) groups is 1. The van der Waals surface area contributed by atoms with E-state index in [9.17, 15) is 4.79 Å². The highest BCUT2D eigenvalue weighted by atomic mass is 16.5. The zero-order valence-electron chi connectivity index (χ0n) is 19.5. The number of rotatable bonds is 9. The van der Waals surface area contributed by atoms with Gasteiger partial charge in [-0.3, -0.25) is 9.69 Å². The van der Waals surface area contributed by atoms with Crippen molar-refractivity contribution in [3.05, 3.63) is 66.4 Å². The van der Waals surface area contributed by atoms with E-state index in [0.717, 1.165) is 22.9 Å². The maximum Gasteiger partial charge on any atom is 0.239 e. The third-order valence-corrected chi connectivity index (χ3v) is 4.96. The van der Waals surface area contributed by atoms with Crippen LogP contribution in [-0.2, 0) is 10.2 Å². The van der Waals surface area contributed by atoms with Crippen LogP contribution < -0.4 is 14.8 Å². The summed E-state index contributed by atoms with van der Waals surface area (Å²) >= 11 is 0. The Morgan fingerprint density at radius 2 is 1.72 bits per heavy atom. The molecule has 0 fully saturated rings. The Morgan fingerprint density at radius 1 is 1.06 bits per heavy atom. The minimum absolute atomic E-state index is 0.102. The van der Waals surface area contributed by atoms with Crippen LogP contribution in [0.2, 0.25) is 0 Å². The maximum absolute atomic E-state index is 12.7. The Kier molecular flexibility index (Phi) is 7.53. The van der Waals surface area contributed by atoms with Gasteiger partial charge in [0.15, 0.2) is 0 Å². The molecule has 7 nitrogen and oxygen atoms in total. The van der Waals surface area contributed by atoms with Crippen LogP contribution in [0.3, 0.4) is 0 Å². The molecule has 0 saturated carbocycles. The van der Waals surface area contributed by atoms with Gasteiger partial charge in [0.25, 0.3) is 0 Å². The van der Waals surface area contributed by atoms with Crippen molar-refractivity contribution in [2.45, 2.75) is 26.2 Å². The van der Waals surface area contributed by atoms with Crippen LogP contribution in [0.25, 0.3) is 5.69 Å². The number of anilines is 1. The van der Waals surface area contributed by atoms with Gasteiger partial charge in [0.2, 0.25) is 5.91 Å². The van der Waals surface area contributed by atoms with Crippen molar-refractivity contribution in [1.29, 1.82) is 0 Å². The zero-order chi connectivity index (χ0) is 23.1. The highest BCUT2D eigenvalue weighted by Gasteiger charge is 2.21. The summed E-state index contributed by atoms with van der Waals surface area (Å²) in [6, 6.07) is 19.2. The maximum atomic E-state index is 12.7. The first-order chi connectivity index (χ1) is 15.3. The SMILES string of the molecule is COc1ccc(OCCN(C)CC(=O)Nc2cc(C(C)(C)C)nn2-c2ccccc2)cc1. The number of hydrogen-bond donors (Lipinski definition) is 1. The number of para-hydroxylation sites is 1. The molecule has 1 amide bonds. The number of amides is 1. The third kappa shape index (κ3) is 6.34. The number of likely N-dealkylation sites (N-methyl/N-ethyl adjacent to an activating group) is 1. The number of methoxy groups -OCH3 is 1. The van der Waals surface area contributed by atoms with Crippen molar-refractivity contribution in [3.63, 3.8) is 0 Å². The molecule has 0 bridgehead atoms. The normalized spacial score (nSPS) is 11.4. The Morgan fingerprint density at radius 3 is 2.34 bits per heavy atom. The van der Waals surface area contributed by atoms with E-state index < -0.39 is 0 Å². The van der Waals surface area contributed by atoms with Gasteiger partial charge in [-0.25, -0.2) is 4.68 Å². The monoisotopic (exact) mass is 436 g/mol. The first-order valence-electron chi connectivity index (χ1n) is 10.7. The number of aromatic nitrogens is 2. The Balaban J connectivity index is 1.58. The molecular weight excluding hydrogens is 404 g/mol. The van der Waals surface area contributed by atoms with E-state index in [0.29, 0.717) is 19.0 Å². The third-order valence-electron chi connectivity index (χ3n) is 4.96. The standard InChI is InChI=1S/C25H32N4O3/c1-25(2,3)22-17-23(29(27-22)19-9-7-6-8-10-19)26-24(30)18-28(4)15-16-32-21-13-11-20(31-5)12-14-21/h6-14,17H,15-16,18H2,1-5H3,(H,26,30). The van der Waals surface area contributed by atoms with E-state index in [4.69, 9.17) is 14.6 Å². The highest BCUT2D eigenvalue weighted by Crippen LogP contribution is 2.26. The molecule has 2 aromatic carbocycles. The first kappa shape index (κ1) is 23.3. The van der Waals surface area contributed by atoms with E-state index in [1.165, 1.54) is 0 Å². The molecule has 1 N–H and O–H groups in total. The Hall–Kier alpha value is -3.32. The van der Waals surface area contributed by atoms with Crippen molar-refractivity contribution in [3.8, 4) is 17.2 Å². The van der Waals surface area contributed by atoms with E-state index in [-0.39, 0.29) is 17.9 Å². The lowest BCUT2D eigenvalue weighted by molar-refractivity contribution is -0.117. The average molecular weight is 437 g/mol. The van der Waals surface area contributed by atoms with E-state index in [1.54, 1.807) is 11.8 Å². The van der Waals surface area contributed by atoms with Crippen LogP contribution in [0.1, 0.15) is 26.5 Å². The molecule has 3 rings (SSSR count). The van der Waals surface area contributed by atoms with Crippen molar-refractivity contribution in [2.24, 2.45) is 0 Å². The minimum Gasteiger partial charge on any atom is -0.497 e. The van der Waals surface area contributed by atoms with Gasteiger partial charge >= 0.3 is 0 Å². The lowest BCUT2D eigenvalue weighted by atomic mass is 9.92. The van der Waals surface area contributed by atoms with Crippen molar-refractivity contribution in [1.82, 2.24) is 14.7 Å². The summed E-state index contributed by atoms with van der Waals surface area (Å²) in [5, 5.41) is 7.76. The molecule has 0 atom stereocenters. The minimum atomic E-state index is -0.130. The Bertz CT molecular complexity index is 1010. The molecule has 3 aromatic rings. The summed E-state index contributed by atoms with van der Waals surface area (Å²) < 4.78 is 12.7. The lowest BCUT2D eigenvalue weighted by Gasteiger charge is -2.17. The predicted molar refractivity (Wildman–Crippen MR) is 127 cm³/mol. The summed E-state index contributed by atoms with van der Waals surface area (Å²) in [6.45, 7) is 7.65. The lowest BCUT2D eigenvalue weighted by Crippen LogP contribution is -2.33. The van der Waals surface area contributed by atoms with Gasteiger partial charge in [-0.2, -0.15) is 5.10 Å². The van der Waals surface area contributed by atoms with Crippen LogP contribution in [0.5, 0.6) is 11.5 Å². The zero-order valence-corrected chi connectivity index (χ0v) is 19.5. The van der Waals surface area contributed by atoms with Crippen LogP contribution in [0.4, 0.5) is 5.82 Å². The predicted octanol–water partition coefficient (Wildman–Crippen LogP) is 4.13. The van der Waals surface area contributed by atoms with Gasteiger partial charge in [0.05, 0.1) is 25.0 Å². The molecule has 32 heavy (non-hydrogen) atoms.